The van der Waals surface area contributed by atoms with Crippen LogP contribution in [0, 0.1) is 0 Å². The van der Waals surface area contributed by atoms with Crippen LogP contribution >= 0.6 is 39.6 Å². The van der Waals surface area contributed by atoms with Crippen LogP contribution in [0.25, 0.3) is 0 Å². The molecule has 0 aliphatic heterocycles. The van der Waals surface area contributed by atoms with Gasteiger partial charge in [-0.3, -0.25) is 0 Å². The first-order valence-electron chi connectivity index (χ1n) is 1.00. The van der Waals surface area contributed by atoms with E-state index in [1.807, 2.05) is 13.8 Å². The van der Waals surface area contributed by atoms with Crippen molar-refractivity contribution in [1.29, 1.82) is 0 Å². The van der Waals surface area contributed by atoms with Crippen LogP contribution in [0.2, 0.25) is 0 Å². The van der Waals surface area contributed by atoms with Crippen molar-refractivity contribution >= 4 is 39.6 Å². The molecule has 0 saturated heterocycles. The quantitative estimate of drug-likeness (QED) is 0.475. The van der Waals surface area contributed by atoms with Crippen LogP contribution in [0.15, 0.2) is 0 Å². The highest BCUT2D eigenvalue weighted by Gasteiger charge is 0.932. The molecule has 0 radical (unpaired) electrons. The molecule has 0 aromatic rings. The molecule has 0 N–H and O–H groups in total. The zero-order valence-corrected chi connectivity index (χ0v) is 10.5. The van der Waals surface area contributed by atoms with Crippen molar-refractivity contribution in [2.45, 2.75) is 13.8 Å². The van der Waals surface area contributed by atoms with E-state index in [9.17, 15) is 0 Å². The molecule has 4 heteroatoms. The van der Waals surface area contributed by atoms with E-state index in [1.165, 1.54) is 0 Å². The Bertz CT molecular complexity index is 5.51. The molecule has 0 aromatic carbocycles. The van der Waals surface area contributed by atoms with Gasteiger partial charge in [0.1, 0.15) is 0 Å². The van der Waals surface area contributed by atoms with Gasteiger partial charge in [-0.1, -0.05) is 13.8 Å². The minimum atomic E-state index is 0. The number of hydrogen-bond acceptors (Lipinski definition) is 0. The number of rotatable bonds is 0. The zero-order chi connectivity index (χ0) is 2.00. The van der Waals surface area contributed by atoms with Crippen LogP contribution in [0.1, 0.15) is 13.8 Å². The summed E-state index contributed by atoms with van der Waals surface area (Å²) >= 11 is 0. The van der Waals surface area contributed by atoms with Gasteiger partial charge >= 0.3 is 0 Å². The van der Waals surface area contributed by atoms with Gasteiger partial charge in [0.2, 0.25) is 0 Å². The van der Waals surface area contributed by atoms with Gasteiger partial charge in [-0.25, -0.2) is 0 Å². The third-order valence-corrected chi connectivity index (χ3v) is 0. The lowest BCUT2D eigenvalue weighted by Crippen LogP contribution is -0.856. The third-order valence-electron chi connectivity index (χ3n) is 0. The van der Waals surface area contributed by atoms with Crippen LogP contribution in [0.3, 0.4) is 0 Å². The van der Waals surface area contributed by atoms with Crippen molar-refractivity contribution in [3.05, 3.63) is 0 Å². The van der Waals surface area contributed by atoms with E-state index in [0.717, 1.165) is 0 Å². The van der Waals surface area contributed by atoms with Crippen molar-refractivity contribution in [2.75, 3.05) is 0 Å². The van der Waals surface area contributed by atoms with Crippen molar-refractivity contribution in [3.8, 4) is 0 Å². The van der Waals surface area contributed by atoms with E-state index >= 15 is 0 Å². The summed E-state index contributed by atoms with van der Waals surface area (Å²) < 4.78 is 0. The summed E-state index contributed by atoms with van der Waals surface area (Å²) in [6, 6.07) is 0. The summed E-state index contributed by atoms with van der Waals surface area (Å²) in [5, 5.41) is 0. The first kappa shape index (κ1) is 47.1. The molecule has 46 valence electrons. The fourth-order valence-corrected chi connectivity index (χ4v) is 0. The molecule has 0 amide bonds. The van der Waals surface area contributed by atoms with E-state index in [0.29, 0.717) is 0 Å². The van der Waals surface area contributed by atoms with Crippen LogP contribution in [-0.2, 0) is 0 Å². The molecule has 0 aliphatic rings. The largest absolute Gasteiger partial charge is 0.153 e. The highest BCUT2D eigenvalue weighted by atomic mass is 31.0. The third kappa shape index (κ3) is 43.1. The molecule has 4 unspecified atom stereocenters. The molecule has 4 atom stereocenters. The Hall–Kier alpha value is 1.72. The summed E-state index contributed by atoms with van der Waals surface area (Å²) in [5.41, 5.74) is 0. The van der Waals surface area contributed by atoms with Crippen molar-refractivity contribution in [3.63, 3.8) is 0 Å². The Morgan fingerprint density at radius 3 is 0.500 bits per heavy atom. The Balaban J connectivity index is -0.000000000833. The predicted molar refractivity (Wildman–Crippen MR) is 55.8 cm³/mol. The summed E-state index contributed by atoms with van der Waals surface area (Å²) in [6.07, 6.45) is 0. The summed E-state index contributed by atoms with van der Waals surface area (Å²) in [6.45, 7) is 4.00. The van der Waals surface area contributed by atoms with Gasteiger partial charge in [-0.2, -0.15) is 39.6 Å². The SMILES string of the molecule is CC.P.P.P.P. The molecule has 0 bridgehead atoms. The Morgan fingerprint density at radius 1 is 0.500 bits per heavy atom. The molecular weight excluding hydrogens is 148 g/mol. The molecule has 0 fully saturated rings. The van der Waals surface area contributed by atoms with Crippen molar-refractivity contribution in [2.24, 2.45) is 0 Å². The maximum atomic E-state index is 2.00. The van der Waals surface area contributed by atoms with Crippen LogP contribution in [0.4, 0.5) is 0 Å². The first-order chi connectivity index (χ1) is 1.00. The molecule has 0 aliphatic carbocycles. The van der Waals surface area contributed by atoms with E-state index in [1.54, 1.807) is 0 Å². The van der Waals surface area contributed by atoms with Gasteiger partial charge in [0, 0.05) is 0 Å². The van der Waals surface area contributed by atoms with Gasteiger partial charge in [0.25, 0.3) is 0 Å². The first-order valence-corrected chi connectivity index (χ1v) is 1.00. The second-order valence-electron chi connectivity index (χ2n) is 0. The van der Waals surface area contributed by atoms with E-state index in [4.69, 9.17) is 0 Å². The smallest absolute Gasteiger partial charge is 0.0683 e. The van der Waals surface area contributed by atoms with Gasteiger partial charge in [0.05, 0.1) is 0 Å². The maximum Gasteiger partial charge on any atom is -0.0683 e. The molecule has 0 saturated carbocycles. The fourth-order valence-electron chi connectivity index (χ4n) is 0. The van der Waals surface area contributed by atoms with Gasteiger partial charge in [-0.15, -0.1) is 0 Å². The second-order valence-corrected chi connectivity index (χ2v) is 0. The highest BCUT2D eigenvalue weighted by Crippen LogP contribution is 1.14. The summed E-state index contributed by atoms with van der Waals surface area (Å²) in [4.78, 5) is 0. The molecule has 6 heavy (non-hydrogen) atoms. The molecule has 0 rings (SSSR count). The van der Waals surface area contributed by atoms with Crippen LogP contribution in [0.5, 0.6) is 0 Å². The van der Waals surface area contributed by atoms with E-state index in [-0.39, 0.29) is 39.6 Å². The average Bonchev–Trinajstić information content (AvgIpc) is 1.00. The Morgan fingerprint density at radius 2 is 0.500 bits per heavy atom. The minimum Gasteiger partial charge on any atom is -0.153 e. The minimum absolute atomic E-state index is 0. The predicted octanol–water partition coefficient (Wildman–Crippen LogP) is 1.26. The highest BCUT2D eigenvalue weighted by molar-refractivity contribution is 6.92. The molecule has 0 aromatic heterocycles. The summed E-state index contributed by atoms with van der Waals surface area (Å²) in [7, 11) is 0. The molecule has 0 nitrogen and oxygen atoms in total. The Kier molecular flexibility index (Phi) is 584. The standard InChI is InChI=1S/C2H6.4H3P/c1-2;;;;/h1-2H3;4*1H3. The van der Waals surface area contributed by atoms with Gasteiger partial charge < -0.3 is 0 Å². The fraction of sp³-hybridized carbons (Fsp3) is 1.00. The van der Waals surface area contributed by atoms with E-state index < -0.39 is 0 Å². The number of hydrogen-bond donors (Lipinski definition) is 0. The lowest BCUT2D eigenvalue weighted by atomic mass is 11.0. The topological polar surface area (TPSA) is 0 Å². The van der Waals surface area contributed by atoms with Crippen LogP contribution in [-0.4, -0.2) is 0 Å². The Labute approximate surface area is 54.1 Å². The maximum absolute atomic E-state index is 2.00. The molecule has 0 spiro atoms. The molecular formula is C2H18P4. The summed E-state index contributed by atoms with van der Waals surface area (Å²) in [5.74, 6) is 0. The lowest BCUT2D eigenvalue weighted by molar-refractivity contribution is 1.50. The molecule has 0 heterocycles. The van der Waals surface area contributed by atoms with Crippen molar-refractivity contribution < 1.29 is 0 Å². The lowest BCUT2D eigenvalue weighted by Gasteiger charge is -1.07. The normalized spacial score (nSPS) is 1.00. The second kappa shape index (κ2) is 74.3. The van der Waals surface area contributed by atoms with Gasteiger partial charge in [0.15, 0.2) is 0 Å². The van der Waals surface area contributed by atoms with E-state index in [2.05, 4.69) is 0 Å². The zero-order valence-electron chi connectivity index (χ0n) is 4.83. The monoisotopic (exact) mass is 166 g/mol. The van der Waals surface area contributed by atoms with Gasteiger partial charge in [-0.05, 0) is 0 Å². The van der Waals surface area contributed by atoms with Crippen molar-refractivity contribution in [1.82, 2.24) is 0 Å². The van der Waals surface area contributed by atoms with Crippen LogP contribution < -0.4 is 0 Å². The average molecular weight is 166 g/mol.